The van der Waals surface area contributed by atoms with Crippen molar-refractivity contribution in [2.24, 2.45) is 0 Å². The molecule has 2 aromatic carbocycles. The molecular weight excluding hydrogens is 578 g/mol. The molecule has 6 rings (SSSR count). The van der Waals surface area contributed by atoms with Crippen molar-refractivity contribution in [2.45, 2.75) is 44.0 Å². The maximum absolute atomic E-state index is 13.1. The highest BCUT2D eigenvalue weighted by molar-refractivity contribution is 7.95. The van der Waals surface area contributed by atoms with Crippen LogP contribution in [-0.2, 0) is 29.4 Å². The van der Waals surface area contributed by atoms with Crippen LogP contribution in [0, 0.1) is 22.9 Å². The van der Waals surface area contributed by atoms with Crippen molar-refractivity contribution in [2.75, 3.05) is 6.54 Å². The van der Waals surface area contributed by atoms with E-state index in [-0.39, 0.29) is 25.1 Å². The summed E-state index contributed by atoms with van der Waals surface area (Å²) >= 11 is 1.63. The first-order valence-corrected chi connectivity index (χ1v) is 14.4. The van der Waals surface area contributed by atoms with Crippen LogP contribution in [0.3, 0.4) is 0 Å². The second-order valence-corrected chi connectivity index (χ2v) is 12.6. The van der Waals surface area contributed by atoms with Gasteiger partial charge in [0.25, 0.3) is 0 Å². The zero-order valence-corrected chi connectivity index (χ0v) is 24.4. The lowest BCUT2D eigenvalue weighted by atomic mass is 10.1. The lowest BCUT2D eigenvalue weighted by Crippen LogP contribution is -2.43. The Balaban J connectivity index is 0.000000262. The van der Waals surface area contributed by atoms with Gasteiger partial charge >= 0.3 is 11.8 Å². The highest BCUT2D eigenvalue weighted by Crippen LogP contribution is 2.37. The van der Waals surface area contributed by atoms with E-state index in [1.807, 2.05) is 13.8 Å². The summed E-state index contributed by atoms with van der Waals surface area (Å²) in [4.78, 5) is 22.8. The van der Waals surface area contributed by atoms with Crippen LogP contribution in [0.25, 0.3) is 10.6 Å². The van der Waals surface area contributed by atoms with Crippen molar-refractivity contribution in [1.82, 2.24) is 19.4 Å². The summed E-state index contributed by atoms with van der Waals surface area (Å²) < 4.78 is 40.7. The lowest BCUT2D eigenvalue weighted by Gasteiger charge is -2.27. The monoisotopic (exact) mass is 605 g/mol. The van der Waals surface area contributed by atoms with Gasteiger partial charge in [0.1, 0.15) is 32.4 Å². The second-order valence-electron chi connectivity index (χ2n) is 9.81. The third kappa shape index (κ3) is 6.53. The SMILES string of the molecule is C=S(=O)(O)c1ccc(C)cc1.C[C@]1(CN2Cc3nc(-c4ccc(F)cc4)sc3C2)Cn2cc([N+](=O)[O-])nc2O1.S. The highest BCUT2D eigenvalue weighted by Gasteiger charge is 2.42. The van der Waals surface area contributed by atoms with E-state index in [1.165, 1.54) is 23.2 Å². The molecule has 2 aliphatic rings. The number of hydrogen-bond acceptors (Lipinski definition) is 8. The summed E-state index contributed by atoms with van der Waals surface area (Å²) in [5.74, 6) is 2.70. The summed E-state index contributed by atoms with van der Waals surface area (Å²) in [5.41, 5.74) is 2.54. The van der Waals surface area contributed by atoms with Gasteiger partial charge in [-0.3, -0.25) is 9.47 Å². The van der Waals surface area contributed by atoms with Crippen LogP contribution >= 0.6 is 24.8 Å². The summed E-state index contributed by atoms with van der Waals surface area (Å²) in [6.07, 6.45) is 1.41. The zero-order chi connectivity index (χ0) is 27.9. The molecule has 40 heavy (non-hydrogen) atoms. The Labute approximate surface area is 241 Å². The van der Waals surface area contributed by atoms with E-state index in [1.54, 1.807) is 52.3 Å². The molecule has 0 amide bonds. The van der Waals surface area contributed by atoms with Crippen molar-refractivity contribution in [1.29, 1.82) is 0 Å². The van der Waals surface area contributed by atoms with Crippen molar-refractivity contribution in [3.63, 3.8) is 0 Å². The Kier molecular flexibility index (Phi) is 8.38. The minimum atomic E-state index is -3.02. The molecule has 1 N–H and O–H groups in total. The van der Waals surface area contributed by atoms with Crippen molar-refractivity contribution < 1.29 is 22.8 Å². The molecule has 0 saturated carbocycles. The third-order valence-corrected chi connectivity index (χ3v) is 8.45. The molecule has 0 aliphatic carbocycles. The van der Waals surface area contributed by atoms with Gasteiger partial charge in [0.15, 0.2) is 0 Å². The van der Waals surface area contributed by atoms with Crippen molar-refractivity contribution in [3.8, 4) is 16.6 Å². The van der Waals surface area contributed by atoms with Crippen LogP contribution in [0.4, 0.5) is 10.2 Å². The maximum Gasteiger partial charge on any atom is 0.415 e. The molecule has 0 bridgehead atoms. The minimum Gasteiger partial charge on any atom is -0.436 e. The lowest BCUT2D eigenvalue weighted by molar-refractivity contribution is -0.389. The first-order chi connectivity index (χ1) is 18.4. The third-order valence-electron chi connectivity index (χ3n) is 6.31. The van der Waals surface area contributed by atoms with E-state index in [0.717, 1.165) is 28.4 Å². The molecule has 0 fully saturated rings. The summed E-state index contributed by atoms with van der Waals surface area (Å²) in [7, 11) is -3.02. The molecule has 4 aromatic rings. The van der Waals surface area contributed by atoms with Crippen LogP contribution in [-0.4, -0.2) is 51.1 Å². The Bertz CT molecular complexity index is 1590. The first-order valence-electron chi connectivity index (χ1n) is 11.9. The number of nitrogens with zero attached hydrogens (tertiary/aromatic N) is 5. The molecule has 1 unspecified atom stereocenters. The van der Waals surface area contributed by atoms with Gasteiger partial charge in [0.2, 0.25) is 0 Å². The van der Waals surface area contributed by atoms with Gasteiger partial charge in [-0.25, -0.2) is 13.6 Å². The number of rotatable bonds is 5. The normalized spacial score (nSPS) is 18.9. The fourth-order valence-electron chi connectivity index (χ4n) is 4.52. The predicted octanol–water partition coefficient (Wildman–Crippen LogP) is 4.88. The van der Waals surface area contributed by atoms with Gasteiger partial charge in [-0.1, -0.05) is 17.7 Å². The fraction of sp³-hybridized carbons (Fsp3) is 0.269. The maximum atomic E-state index is 13.1. The molecule has 2 aliphatic heterocycles. The van der Waals surface area contributed by atoms with Gasteiger partial charge in [-0.15, -0.1) is 11.3 Å². The van der Waals surface area contributed by atoms with E-state index < -0.39 is 20.3 Å². The average Bonchev–Trinajstić information content (AvgIpc) is 3.58. The number of halogens is 1. The highest BCUT2D eigenvalue weighted by atomic mass is 32.2. The van der Waals surface area contributed by atoms with Crippen LogP contribution in [0.2, 0.25) is 0 Å². The standard InChI is InChI=1S/C18H16FN5O3S.C8H10O2S.H2S/c1-18(10-23-8-15(24(25)26)21-17(23)27-18)9-22-6-13-14(7-22)28-16(20-13)11-2-4-12(19)5-3-11;1-7-3-5-8(6-4-7)11(2,9)10;/h2-5,8H,6-7,9-10H2,1H3;3-6H,2H2,1H3,(H,9,10);1H2/t18-;;/m0../s1. The van der Waals surface area contributed by atoms with Gasteiger partial charge in [0.05, 0.1) is 17.1 Å². The number of thiazole rings is 1. The molecule has 14 heteroatoms. The van der Waals surface area contributed by atoms with Gasteiger partial charge in [0, 0.05) is 35.1 Å². The summed E-state index contributed by atoms with van der Waals surface area (Å²) in [6, 6.07) is 13.5. The molecule has 212 valence electrons. The van der Waals surface area contributed by atoms with Crippen LogP contribution < -0.4 is 4.74 Å². The number of fused-ring (bicyclic) bond motifs is 2. The number of ether oxygens (including phenoxy) is 1. The summed E-state index contributed by atoms with van der Waals surface area (Å²) in [6.45, 7) is 6.58. The smallest absolute Gasteiger partial charge is 0.415 e. The van der Waals surface area contributed by atoms with E-state index in [0.29, 0.717) is 30.5 Å². The van der Waals surface area contributed by atoms with Gasteiger partial charge in [-0.05, 0) is 61.0 Å². The van der Waals surface area contributed by atoms with E-state index >= 15 is 0 Å². The Morgan fingerprint density at radius 3 is 2.45 bits per heavy atom. The molecule has 0 saturated heterocycles. The van der Waals surface area contributed by atoms with Crippen molar-refractivity contribution in [3.05, 3.63) is 86.8 Å². The molecule has 2 atom stereocenters. The zero-order valence-electron chi connectivity index (χ0n) is 21.7. The largest absolute Gasteiger partial charge is 0.436 e. The van der Waals surface area contributed by atoms with Crippen molar-refractivity contribution >= 4 is 46.3 Å². The first kappa shape index (κ1) is 29.7. The molecular formula is C26H28FN5O5S3. The molecule has 10 nitrogen and oxygen atoms in total. The molecule has 2 aromatic heterocycles. The number of aryl methyl sites for hydroxylation is 1. The number of nitro groups is 1. The minimum absolute atomic E-state index is 0. The molecule has 4 heterocycles. The van der Waals surface area contributed by atoms with Crippen LogP contribution in [0.5, 0.6) is 6.01 Å². The van der Waals surface area contributed by atoms with E-state index in [2.05, 4.69) is 15.8 Å². The Morgan fingerprint density at radius 1 is 1.20 bits per heavy atom. The predicted molar refractivity (Wildman–Crippen MR) is 157 cm³/mol. The van der Waals surface area contributed by atoms with Gasteiger partial charge in [-0.2, -0.15) is 13.5 Å². The summed E-state index contributed by atoms with van der Waals surface area (Å²) in [5, 5.41) is 11.7. The van der Waals surface area contributed by atoms with E-state index in [9.17, 15) is 18.7 Å². The Morgan fingerprint density at radius 2 is 1.88 bits per heavy atom. The quantitative estimate of drug-likeness (QED) is 0.194. The topological polar surface area (TPSA) is 124 Å². The Hall–Kier alpha value is -3.30. The number of aromatic nitrogens is 3. The molecule has 0 spiro atoms. The van der Waals surface area contributed by atoms with Crippen LogP contribution in [0.15, 0.2) is 59.6 Å². The number of imidazole rings is 1. The average molecular weight is 606 g/mol. The fourth-order valence-corrected chi connectivity index (χ4v) is 6.20. The number of benzene rings is 2. The van der Waals surface area contributed by atoms with Gasteiger partial charge < -0.3 is 19.4 Å². The van der Waals surface area contributed by atoms with Crippen LogP contribution in [0.1, 0.15) is 23.1 Å². The number of hydrogen-bond donors (Lipinski definition) is 1. The van der Waals surface area contributed by atoms with E-state index in [4.69, 9.17) is 14.3 Å². The second kappa shape index (κ2) is 11.3. The molecule has 0 radical (unpaired) electrons.